The second kappa shape index (κ2) is 10.8. The summed E-state index contributed by atoms with van der Waals surface area (Å²) < 4.78 is 65.6. The molecule has 0 radical (unpaired) electrons. The number of piperidine rings is 1. The number of sulfone groups is 1. The highest BCUT2D eigenvalue weighted by atomic mass is 32.2. The quantitative estimate of drug-likeness (QED) is 0.340. The molecule has 1 aromatic carbocycles. The fourth-order valence-electron chi connectivity index (χ4n) is 4.82. The molecule has 11 heteroatoms. The van der Waals surface area contributed by atoms with Crippen molar-refractivity contribution in [3.8, 4) is 10.6 Å². The van der Waals surface area contributed by atoms with Gasteiger partial charge in [0, 0.05) is 34.8 Å². The number of anilines is 1. The molecule has 39 heavy (non-hydrogen) atoms. The molecule has 5 rings (SSSR count). The molecule has 0 atom stereocenters. The van der Waals surface area contributed by atoms with Gasteiger partial charge in [0.1, 0.15) is 11.4 Å². The maximum atomic E-state index is 13.7. The van der Waals surface area contributed by atoms with E-state index in [2.05, 4.69) is 34.0 Å². The molecule has 2 aliphatic rings. The van der Waals surface area contributed by atoms with E-state index >= 15 is 0 Å². The molecule has 3 heterocycles. The van der Waals surface area contributed by atoms with Gasteiger partial charge in [0.25, 0.3) is 0 Å². The van der Waals surface area contributed by atoms with Crippen LogP contribution in [-0.2, 0) is 22.9 Å². The van der Waals surface area contributed by atoms with Crippen LogP contribution in [0.15, 0.2) is 70.6 Å². The zero-order chi connectivity index (χ0) is 27.8. The molecule has 0 amide bonds. The van der Waals surface area contributed by atoms with Gasteiger partial charge in [-0.25, -0.2) is 8.42 Å². The number of nitrogens with zero attached hydrogens (tertiary/aromatic N) is 2. The van der Waals surface area contributed by atoms with Gasteiger partial charge in [-0.05, 0) is 86.9 Å². The number of likely N-dealkylation sites (tertiary alicyclic amines) is 1. The Kier molecular flexibility index (Phi) is 7.55. The molecule has 0 unspecified atom stereocenters. The third kappa shape index (κ3) is 6.52. The number of benzene rings is 1. The predicted octanol–water partition coefficient (Wildman–Crippen LogP) is 5.66. The van der Waals surface area contributed by atoms with Crippen LogP contribution in [-0.4, -0.2) is 56.5 Å². The first-order chi connectivity index (χ1) is 18.5. The Hall–Kier alpha value is -3.20. The van der Waals surface area contributed by atoms with E-state index in [1.807, 2.05) is 30.3 Å². The molecule has 206 valence electrons. The summed E-state index contributed by atoms with van der Waals surface area (Å²) >= 11 is 1.41. The first kappa shape index (κ1) is 27.4. The van der Waals surface area contributed by atoms with Crippen molar-refractivity contribution >= 4 is 37.8 Å². The largest absolute Gasteiger partial charge is 0.406 e. The molecule has 1 aliphatic carbocycles. The van der Waals surface area contributed by atoms with Crippen molar-refractivity contribution in [2.24, 2.45) is 0 Å². The molecule has 0 bridgehead atoms. The zero-order valence-corrected chi connectivity index (χ0v) is 23.2. The number of hydrogen-bond donors (Lipinski definition) is 2. The van der Waals surface area contributed by atoms with Gasteiger partial charge in [-0.2, -0.15) is 13.2 Å². The number of aromatic nitrogens is 1. The summed E-state index contributed by atoms with van der Waals surface area (Å²) in [4.78, 5) is 3.99. The number of nitrogens with one attached hydrogen (secondary N) is 2. The number of rotatable bonds is 8. The Balaban J connectivity index is 1.43. The van der Waals surface area contributed by atoms with Crippen LogP contribution >= 0.6 is 11.3 Å². The van der Waals surface area contributed by atoms with Crippen LogP contribution in [0.5, 0.6) is 0 Å². The van der Waals surface area contributed by atoms with Crippen molar-refractivity contribution in [3.05, 3.63) is 75.5 Å². The van der Waals surface area contributed by atoms with Crippen molar-refractivity contribution in [1.82, 2.24) is 14.8 Å². The maximum absolute atomic E-state index is 13.7. The first-order valence-electron chi connectivity index (χ1n) is 12.6. The van der Waals surface area contributed by atoms with Crippen molar-refractivity contribution < 1.29 is 21.6 Å². The Morgan fingerprint density at radius 2 is 1.87 bits per heavy atom. The van der Waals surface area contributed by atoms with Crippen molar-refractivity contribution in [2.45, 2.75) is 38.1 Å². The Bertz CT molecular complexity index is 1630. The zero-order valence-electron chi connectivity index (χ0n) is 21.6. The fraction of sp³-hybridized carbons (Fsp3) is 0.357. The second-order valence-corrected chi connectivity index (χ2v) is 13.1. The maximum Gasteiger partial charge on any atom is 0.406 e. The summed E-state index contributed by atoms with van der Waals surface area (Å²) in [5.41, 5.74) is 7.93. The van der Waals surface area contributed by atoms with Gasteiger partial charge in [0.15, 0.2) is 9.84 Å². The highest BCUT2D eigenvalue weighted by molar-refractivity contribution is 7.94. The van der Waals surface area contributed by atoms with Crippen LogP contribution in [0.2, 0.25) is 0 Å². The second-order valence-electron chi connectivity index (χ2n) is 9.94. The lowest BCUT2D eigenvalue weighted by atomic mass is 10.0. The van der Waals surface area contributed by atoms with Gasteiger partial charge in [-0.3, -0.25) is 0 Å². The summed E-state index contributed by atoms with van der Waals surface area (Å²) in [5.74, 6) is 0. The molecule has 0 saturated carbocycles. The number of allylic oxidation sites excluding steroid dienone is 2. The summed E-state index contributed by atoms with van der Waals surface area (Å²) in [7, 11) is -1.26. The predicted molar refractivity (Wildman–Crippen MR) is 150 cm³/mol. The first-order valence-corrected chi connectivity index (χ1v) is 15.3. The van der Waals surface area contributed by atoms with Gasteiger partial charge in [-0.1, -0.05) is 6.07 Å². The van der Waals surface area contributed by atoms with E-state index in [0.29, 0.717) is 23.5 Å². The minimum Gasteiger partial charge on any atom is -0.382 e. The molecule has 6 nitrogen and oxygen atoms in total. The number of thiophene rings is 1. The molecular weight excluding hydrogens is 545 g/mol. The topological polar surface area (TPSA) is 66.4 Å². The highest BCUT2D eigenvalue weighted by Crippen LogP contribution is 2.38. The summed E-state index contributed by atoms with van der Waals surface area (Å²) in [6.45, 7) is 1.30. The van der Waals surface area contributed by atoms with E-state index in [4.69, 9.17) is 0 Å². The lowest BCUT2D eigenvalue weighted by Gasteiger charge is -2.30. The van der Waals surface area contributed by atoms with Gasteiger partial charge >= 0.3 is 6.18 Å². The van der Waals surface area contributed by atoms with Crippen LogP contribution in [0.25, 0.3) is 21.5 Å². The molecular formula is C28H29F3N4O2S2. The van der Waals surface area contributed by atoms with Crippen LogP contribution in [0.3, 0.4) is 0 Å². The summed E-state index contributed by atoms with van der Waals surface area (Å²) in [6.07, 6.45) is 1.78. The van der Waals surface area contributed by atoms with E-state index < -0.39 is 22.6 Å². The Labute approximate surface area is 229 Å². The van der Waals surface area contributed by atoms with Crippen LogP contribution in [0.4, 0.5) is 18.9 Å². The smallest absolute Gasteiger partial charge is 0.382 e. The molecule has 1 aliphatic heterocycles. The van der Waals surface area contributed by atoms with Crippen molar-refractivity contribution in [2.75, 3.05) is 31.7 Å². The number of fused-ring (bicyclic) bond motifs is 1. The Morgan fingerprint density at radius 1 is 1.10 bits per heavy atom. The molecule has 1 fully saturated rings. The minimum absolute atomic E-state index is 0.0636. The lowest BCUT2D eigenvalue weighted by molar-refractivity contribution is -0.139. The van der Waals surface area contributed by atoms with Crippen molar-refractivity contribution in [1.29, 1.82) is 0 Å². The summed E-state index contributed by atoms with van der Waals surface area (Å²) in [6, 6.07) is 11.4. The number of alkyl halides is 3. The molecule has 1 saturated heterocycles. The number of hydrogen-bond acceptors (Lipinski definition) is 6. The standard InChI is InChI=1S/C28H29F3N4O2S2/c1-34-14-12-20(13-15-34)33-24-4-3-5-25-23(24)16-26(35(25)18-28(29,30)31)27-11-8-21(38-27)17-32-19-6-9-22(10-7-19)39(2,36)37/h3-6,8-9,11,16,20,32-33H,12-15,17-18H2,1-2H3. The fourth-order valence-corrected chi connectivity index (χ4v) is 6.34. The van der Waals surface area contributed by atoms with Crippen molar-refractivity contribution in [3.63, 3.8) is 0 Å². The van der Waals surface area contributed by atoms with E-state index in [1.54, 1.807) is 12.1 Å². The average molecular weight is 575 g/mol. The third-order valence-electron chi connectivity index (χ3n) is 6.85. The van der Waals surface area contributed by atoms with E-state index in [-0.39, 0.29) is 10.9 Å². The van der Waals surface area contributed by atoms with E-state index in [0.717, 1.165) is 53.0 Å². The van der Waals surface area contributed by atoms with E-state index in [9.17, 15) is 21.6 Å². The van der Waals surface area contributed by atoms with Crippen LogP contribution in [0.1, 0.15) is 17.7 Å². The van der Waals surface area contributed by atoms with Gasteiger partial charge in [0.05, 0.1) is 21.8 Å². The summed E-state index contributed by atoms with van der Waals surface area (Å²) in [5, 5.41) is 7.53. The van der Waals surface area contributed by atoms with Gasteiger partial charge in [0.2, 0.25) is 0 Å². The molecule has 2 aromatic heterocycles. The normalized spacial score (nSPS) is 16.9. The molecule has 0 spiro atoms. The molecule has 3 aromatic rings. The average Bonchev–Trinajstić information content (AvgIpc) is 3.48. The van der Waals surface area contributed by atoms with Gasteiger partial charge in [-0.15, -0.1) is 11.3 Å². The number of halogens is 3. The monoisotopic (exact) mass is 574 g/mol. The van der Waals surface area contributed by atoms with Gasteiger partial charge < -0.3 is 20.1 Å². The molecule has 2 N–H and O–H groups in total. The minimum atomic E-state index is -4.37. The van der Waals surface area contributed by atoms with Crippen LogP contribution in [0, 0.1) is 0 Å². The third-order valence-corrected chi connectivity index (χ3v) is 8.99. The lowest BCUT2D eigenvalue weighted by Crippen LogP contribution is -2.36. The SMILES string of the molecule is CN1CCC(Nc2cccc3c2cc(-c2ccc(CNC4=C=C=C(S(C)(=O)=O)C=C4)s2)n3CC(F)(F)F)CC1. The highest BCUT2D eigenvalue weighted by Gasteiger charge is 2.31. The van der Waals surface area contributed by atoms with E-state index in [1.165, 1.54) is 22.0 Å². The van der Waals surface area contributed by atoms with Crippen LogP contribution < -0.4 is 10.6 Å². The Morgan fingerprint density at radius 3 is 2.54 bits per heavy atom.